The number of rotatable bonds is 4. The van der Waals surface area contributed by atoms with E-state index in [1.165, 1.54) is 6.92 Å². The number of hydrogen-bond acceptors (Lipinski definition) is 4. The van der Waals surface area contributed by atoms with Crippen molar-refractivity contribution in [3.8, 4) is 0 Å². The zero-order valence-corrected chi connectivity index (χ0v) is 20.9. The number of carbonyl (C=O) groups is 1. The number of aromatic nitrogens is 2. The van der Waals surface area contributed by atoms with Crippen molar-refractivity contribution in [2.45, 2.75) is 20.4 Å². The molecule has 0 aliphatic carbocycles. The fraction of sp³-hybridized carbons (Fsp3) is 0.250. The maximum atomic E-state index is 12.4. The van der Waals surface area contributed by atoms with Crippen LogP contribution in [0.15, 0.2) is 45.7 Å². The Morgan fingerprint density at radius 1 is 1.24 bits per heavy atom. The topological polar surface area (TPSA) is 109 Å². The number of halogens is 1. The molecule has 0 bridgehead atoms. The molecule has 0 fully saturated rings. The van der Waals surface area contributed by atoms with Gasteiger partial charge >= 0.3 is 0 Å². The number of Topliss-reactive ketones (excluding diaryl/α,β-unsaturated/α-hetero) is 1. The number of methoxy groups -OCH3 is 1. The first-order valence-corrected chi connectivity index (χ1v) is 9.28. The summed E-state index contributed by atoms with van der Waals surface area (Å²) in [6.07, 6.45) is 0. The second-order valence-corrected chi connectivity index (χ2v) is 6.86. The van der Waals surface area contributed by atoms with Gasteiger partial charge in [0.15, 0.2) is 5.78 Å². The summed E-state index contributed by atoms with van der Waals surface area (Å²) in [6.45, 7) is 4.19. The van der Waals surface area contributed by atoms with E-state index in [-0.39, 0.29) is 49.7 Å². The molecule has 2 N–H and O–H groups in total. The Labute approximate surface area is 202 Å². The summed E-state index contributed by atoms with van der Waals surface area (Å²) < 4.78 is 7.04. The van der Waals surface area contributed by atoms with Gasteiger partial charge in [0, 0.05) is 49.9 Å². The minimum Gasteiger partial charge on any atom is -0.699 e. The average Bonchev–Trinajstić information content (AvgIpc) is 2.65. The number of benzene rings is 2. The van der Waals surface area contributed by atoms with E-state index in [0.29, 0.717) is 45.6 Å². The van der Waals surface area contributed by atoms with Crippen LogP contribution in [0.5, 0.6) is 0 Å². The van der Waals surface area contributed by atoms with Gasteiger partial charge in [-0.1, -0.05) is 46.3 Å². The Hall–Kier alpha value is -1.61. The van der Waals surface area contributed by atoms with Crippen LogP contribution >= 0.6 is 15.9 Å². The first-order valence-electron chi connectivity index (χ1n) is 8.49. The van der Waals surface area contributed by atoms with E-state index in [4.69, 9.17) is 16.2 Å². The molecule has 151 valence electrons. The fourth-order valence-corrected chi connectivity index (χ4v) is 3.07. The Kier molecular flexibility index (Phi) is 10.1. The summed E-state index contributed by atoms with van der Waals surface area (Å²) >= 11 is 3.29. The third-order valence-corrected chi connectivity index (χ3v) is 4.86. The van der Waals surface area contributed by atoms with Crippen molar-refractivity contribution in [3.05, 3.63) is 74.1 Å². The van der Waals surface area contributed by atoms with E-state index in [2.05, 4.69) is 20.9 Å². The molecular formula is C20H21BrN4O3Y-2. The van der Waals surface area contributed by atoms with Crippen LogP contribution in [-0.4, -0.2) is 29.1 Å². The average molecular weight is 534 g/mol. The van der Waals surface area contributed by atoms with E-state index in [0.717, 1.165) is 0 Å². The Bertz CT molecular complexity index is 1070. The van der Waals surface area contributed by atoms with Gasteiger partial charge in [0.2, 0.25) is 0 Å². The van der Waals surface area contributed by atoms with Crippen molar-refractivity contribution >= 4 is 44.0 Å². The number of fused-ring (bicyclic) bond motifs is 1. The summed E-state index contributed by atoms with van der Waals surface area (Å²) in [7, 11) is 1.59. The number of ketones is 1. The monoisotopic (exact) mass is 533 g/mol. The predicted octanol–water partition coefficient (Wildman–Crippen LogP) is 5.37. The molecule has 7 nitrogen and oxygen atoms in total. The molecular weight excluding hydrogens is 513 g/mol. The van der Waals surface area contributed by atoms with Gasteiger partial charge in [-0.15, -0.1) is 11.4 Å². The number of carbonyl (C=O) groups excluding carboxylic acids is 1. The van der Waals surface area contributed by atoms with Crippen molar-refractivity contribution < 1.29 is 42.2 Å². The third kappa shape index (κ3) is 6.44. The molecule has 2 aromatic carbocycles. The van der Waals surface area contributed by atoms with Gasteiger partial charge in [-0.2, -0.15) is 0 Å². The molecule has 3 rings (SSSR count). The fourth-order valence-electron chi connectivity index (χ4n) is 2.56. The molecule has 0 saturated heterocycles. The molecule has 0 spiro atoms. The minimum absolute atomic E-state index is 0. The van der Waals surface area contributed by atoms with E-state index in [1.54, 1.807) is 55.0 Å². The molecule has 0 aliphatic heterocycles. The Balaban J connectivity index is 0.000000327. The maximum Gasteiger partial charge on any atom is 0.262 e. The van der Waals surface area contributed by atoms with Crippen LogP contribution in [0.1, 0.15) is 23.1 Å². The Morgan fingerprint density at radius 3 is 2.48 bits per heavy atom. The van der Waals surface area contributed by atoms with E-state index < -0.39 is 0 Å². The molecule has 0 unspecified atom stereocenters. The summed E-state index contributed by atoms with van der Waals surface area (Å²) in [6, 6.07) is 9.93. The first kappa shape index (κ1) is 25.4. The zero-order valence-electron chi connectivity index (χ0n) is 16.5. The van der Waals surface area contributed by atoms with Gasteiger partial charge < -0.3 is 16.2 Å². The van der Waals surface area contributed by atoms with E-state index >= 15 is 0 Å². The van der Waals surface area contributed by atoms with Gasteiger partial charge in [0.25, 0.3) is 5.56 Å². The molecule has 1 aromatic heterocycles. The SMILES string of the molecule is CC(=O)c1cccc([NH-])c1.COCCn1c(C)nc2ccc([NH-])c(Br)c2c1=O.[Y]. The molecule has 1 heterocycles. The van der Waals surface area contributed by atoms with E-state index in [1.807, 2.05) is 0 Å². The van der Waals surface area contributed by atoms with Crippen LogP contribution < -0.4 is 5.56 Å². The number of ether oxygens (including phenoxy) is 1. The number of nitrogens with zero attached hydrogens (tertiary/aromatic N) is 2. The second kappa shape index (κ2) is 11.5. The van der Waals surface area contributed by atoms with Gasteiger partial charge in [-0.3, -0.25) is 14.2 Å². The standard InChI is InChI=1S/C12H13BrN3O2.C8H8NO.Y/c1-7-15-9-4-3-8(14)11(13)10(9)12(17)16(7)5-6-18-2;1-6(10)7-3-2-4-8(9)5-7;/h3-4,14H,5-6H2,1-2H3;2-5,9H,1H3;/q2*-1;. The summed E-state index contributed by atoms with van der Waals surface area (Å²) in [5.41, 5.74) is 16.6. The van der Waals surface area contributed by atoms with E-state index in [9.17, 15) is 9.59 Å². The second-order valence-electron chi connectivity index (χ2n) is 6.07. The van der Waals surface area contributed by atoms with Crippen LogP contribution in [0.4, 0.5) is 11.4 Å². The third-order valence-electron chi connectivity index (χ3n) is 4.04. The van der Waals surface area contributed by atoms with Crippen LogP contribution in [0, 0.1) is 6.92 Å². The maximum absolute atomic E-state index is 12.4. The van der Waals surface area contributed by atoms with Crippen LogP contribution in [0.3, 0.4) is 0 Å². The van der Waals surface area contributed by atoms with Crippen LogP contribution in [0.2, 0.25) is 0 Å². The number of aryl methyl sites for hydroxylation is 1. The van der Waals surface area contributed by atoms with Gasteiger partial charge in [-0.05, 0) is 19.9 Å². The van der Waals surface area contributed by atoms with Crippen molar-refractivity contribution in [2.75, 3.05) is 13.7 Å². The van der Waals surface area contributed by atoms with Gasteiger partial charge in [0.05, 0.1) is 24.1 Å². The smallest absolute Gasteiger partial charge is 0.262 e. The normalized spacial score (nSPS) is 10.1. The summed E-state index contributed by atoms with van der Waals surface area (Å²) in [4.78, 5) is 27.5. The van der Waals surface area contributed by atoms with Crippen LogP contribution in [0.25, 0.3) is 22.4 Å². The number of hydrogen-bond donors (Lipinski definition) is 0. The molecule has 0 saturated carbocycles. The Morgan fingerprint density at radius 2 is 1.93 bits per heavy atom. The van der Waals surface area contributed by atoms with Crippen molar-refractivity contribution in [1.82, 2.24) is 9.55 Å². The van der Waals surface area contributed by atoms with Crippen molar-refractivity contribution in [3.63, 3.8) is 0 Å². The van der Waals surface area contributed by atoms with Crippen molar-refractivity contribution in [1.29, 1.82) is 0 Å². The van der Waals surface area contributed by atoms with Crippen molar-refractivity contribution in [2.24, 2.45) is 0 Å². The molecule has 29 heavy (non-hydrogen) atoms. The molecule has 9 heteroatoms. The quantitative estimate of drug-likeness (QED) is 0.420. The number of nitrogens with one attached hydrogen (secondary N) is 2. The summed E-state index contributed by atoms with van der Waals surface area (Å²) in [5, 5.41) is 0.448. The molecule has 0 aliphatic rings. The first-order chi connectivity index (χ1) is 13.3. The molecule has 0 atom stereocenters. The predicted molar refractivity (Wildman–Crippen MR) is 115 cm³/mol. The van der Waals surface area contributed by atoms with Gasteiger partial charge in [0.1, 0.15) is 5.82 Å². The minimum atomic E-state index is -0.143. The largest absolute Gasteiger partial charge is 0.699 e. The zero-order chi connectivity index (χ0) is 20.8. The molecule has 0 amide bonds. The van der Waals surface area contributed by atoms with Gasteiger partial charge in [-0.25, -0.2) is 4.98 Å². The summed E-state index contributed by atoms with van der Waals surface area (Å²) in [5.74, 6) is 0.656. The molecule has 3 aromatic rings. The molecule has 1 radical (unpaired) electrons. The van der Waals surface area contributed by atoms with Crippen LogP contribution in [-0.2, 0) is 44.0 Å².